The topological polar surface area (TPSA) is 26.3 Å². The standard InChI is InChI=1S/C11H16O2/c1-3-13-10(12)11(6-7-11)8(2)9-4-5-9/h3-7H2,1-2H3. The summed E-state index contributed by atoms with van der Waals surface area (Å²) >= 11 is 0. The molecule has 0 aromatic carbocycles. The molecule has 0 radical (unpaired) electrons. The minimum Gasteiger partial charge on any atom is -0.465 e. The van der Waals surface area contributed by atoms with Crippen LogP contribution in [-0.4, -0.2) is 12.6 Å². The van der Waals surface area contributed by atoms with Crippen LogP contribution in [0.3, 0.4) is 0 Å². The summed E-state index contributed by atoms with van der Waals surface area (Å²) in [4.78, 5) is 11.6. The number of ether oxygens (including phenoxy) is 1. The van der Waals surface area contributed by atoms with Gasteiger partial charge in [-0.2, -0.15) is 0 Å². The second kappa shape index (κ2) is 2.86. The molecule has 2 rings (SSSR count). The summed E-state index contributed by atoms with van der Waals surface area (Å²) in [6, 6.07) is 0. The second-order valence-corrected chi connectivity index (χ2v) is 4.03. The highest BCUT2D eigenvalue weighted by atomic mass is 16.5. The predicted octanol–water partition coefficient (Wildman–Crippen LogP) is 2.44. The van der Waals surface area contributed by atoms with Gasteiger partial charge in [-0.25, -0.2) is 0 Å². The van der Waals surface area contributed by atoms with Gasteiger partial charge < -0.3 is 4.74 Å². The van der Waals surface area contributed by atoms with Crippen LogP contribution in [0, 0.1) is 5.41 Å². The zero-order valence-corrected chi connectivity index (χ0v) is 8.35. The Morgan fingerprint density at radius 2 is 2.08 bits per heavy atom. The molecule has 0 spiro atoms. The number of carbonyl (C=O) groups is 1. The van der Waals surface area contributed by atoms with Crippen LogP contribution in [0.4, 0.5) is 0 Å². The van der Waals surface area contributed by atoms with Gasteiger partial charge in [-0.15, -0.1) is 0 Å². The van der Waals surface area contributed by atoms with Crippen molar-refractivity contribution in [1.82, 2.24) is 0 Å². The van der Waals surface area contributed by atoms with E-state index in [0.29, 0.717) is 6.61 Å². The van der Waals surface area contributed by atoms with Crippen LogP contribution in [0.2, 0.25) is 0 Å². The van der Waals surface area contributed by atoms with Gasteiger partial charge in [-0.1, -0.05) is 11.1 Å². The highest BCUT2D eigenvalue weighted by Gasteiger charge is 2.54. The quantitative estimate of drug-likeness (QED) is 0.492. The van der Waals surface area contributed by atoms with Gasteiger partial charge in [0.15, 0.2) is 0 Å². The molecule has 0 aromatic heterocycles. The first-order valence-electron chi connectivity index (χ1n) is 5.07. The summed E-state index contributed by atoms with van der Waals surface area (Å²) in [5, 5.41) is 0. The molecular formula is C11H16O2. The molecule has 0 unspecified atom stereocenters. The third-order valence-electron chi connectivity index (χ3n) is 3.16. The van der Waals surface area contributed by atoms with Crippen molar-refractivity contribution in [2.24, 2.45) is 5.41 Å². The fourth-order valence-electron chi connectivity index (χ4n) is 1.90. The molecule has 2 heteroatoms. The Kier molecular flexibility index (Phi) is 1.94. The molecule has 2 aliphatic carbocycles. The van der Waals surface area contributed by atoms with E-state index in [-0.39, 0.29) is 11.4 Å². The normalized spacial score (nSPS) is 22.5. The van der Waals surface area contributed by atoms with Gasteiger partial charge in [0.25, 0.3) is 0 Å². The van der Waals surface area contributed by atoms with Crippen molar-refractivity contribution in [2.75, 3.05) is 6.61 Å². The Morgan fingerprint density at radius 1 is 1.46 bits per heavy atom. The van der Waals surface area contributed by atoms with Gasteiger partial charge in [-0.3, -0.25) is 4.79 Å². The lowest BCUT2D eigenvalue weighted by atomic mass is 9.96. The zero-order chi connectivity index (χ0) is 9.47. The maximum Gasteiger partial charge on any atom is 0.316 e. The molecule has 0 atom stereocenters. The SMILES string of the molecule is CCOC(=O)C1(C(C)=C2CC2)CC1. The lowest BCUT2D eigenvalue weighted by molar-refractivity contribution is -0.148. The Labute approximate surface area is 79.0 Å². The first kappa shape index (κ1) is 8.79. The van der Waals surface area contributed by atoms with Crippen LogP contribution < -0.4 is 0 Å². The van der Waals surface area contributed by atoms with E-state index in [1.54, 1.807) is 0 Å². The molecule has 2 nitrogen and oxygen atoms in total. The highest BCUT2D eigenvalue weighted by Crippen LogP contribution is 2.56. The number of allylic oxidation sites excluding steroid dienone is 1. The molecule has 0 N–H and O–H groups in total. The van der Waals surface area contributed by atoms with E-state index < -0.39 is 0 Å². The van der Waals surface area contributed by atoms with Gasteiger partial charge in [0.05, 0.1) is 12.0 Å². The third-order valence-corrected chi connectivity index (χ3v) is 3.16. The van der Waals surface area contributed by atoms with E-state index in [4.69, 9.17) is 4.74 Å². The van der Waals surface area contributed by atoms with E-state index >= 15 is 0 Å². The van der Waals surface area contributed by atoms with Gasteiger partial charge in [-0.05, 0) is 39.5 Å². The molecule has 13 heavy (non-hydrogen) atoms. The Morgan fingerprint density at radius 3 is 2.46 bits per heavy atom. The third kappa shape index (κ3) is 1.38. The Bertz CT molecular complexity index is 266. The minimum atomic E-state index is -0.179. The van der Waals surface area contributed by atoms with Crippen LogP contribution in [-0.2, 0) is 9.53 Å². The molecule has 72 valence electrons. The summed E-state index contributed by atoms with van der Waals surface area (Å²) in [5.74, 6) is 0.00639. The van der Waals surface area contributed by atoms with Crippen LogP contribution in [0.25, 0.3) is 0 Å². The lowest BCUT2D eigenvalue weighted by Gasteiger charge is -2.14. The largest absolute Gasteiger partial charge is 0.465 e. The van der Waals surface area contributed by atoms with Crippen molar-refractivity contribution in [1.29, 1.82) is 0 Å². The van der Waals surface area contributed by atoms with E-state index in [1.807, 2.05) is 6.92 Å². The summed E-state index contributed by atoms with van der Waals surface area (Å²) in [6.45, 7) is 4.48. The van der Waals surface area contributed by atoms with Crippen molar-refractivity contribution < 1.29 is 9.53 Å². The van der Waals surface area contributed by atoms with Crippen molar-refractivity contribution in [3.05, 3.63) is 11.1 Å². The maximum absolute atomic E-state index is 11.6. The molecule has 2 fully saturated rings. The van der Waals surface area contributed by atoms with Crippen LogP contribution in [0.1, 0.15) is 39.5 Å². The van der Waals surface area contributed by atoms with Crippen molar-refractivity contribution in [3.8, 4) is 0 Å². The molecule has 0 bridgehead atoms. The first-order valence-corrected chi connectivity index (χ1v) is 5.07. The van der Waals surface area contributed by atoms with Crippen LogP contribution in [0.5, 0.6) is 0 Å². The monoisotopic (exact) mass is 180 g/mol. The van der Waals surface area contributed by atoms with E-state index in [2.05, 4.69) is 6.92 Å². The summed E-state index contributed by atoms with van der Waals surface area (Å²) in [6.07, 6.45) is 4.41. The number of carbonyl (C=O) groups excluding carboxylic acids is 1. The number of esters is 1. The Balaban J connectivity index is 2.12. The molecule has 0 aromatic rings. The number of hydrogen-bond acceptors (Lipinski definition) is 2. The average Bonchev–Trinajstić information content (AvgIpc) is 2.99. The smallest absolute Gasteiger partial charge is 0.316 e. The molecule has 2 aliphatic rings. The fourth-order valence-corrected chi connectivity index (χ4v) is 1.90. The fraction of sp³-hybridized carbons (Fsp3) is 0.727. The molecule has 2 saturated carbocycles. The van der Waals surface area contributed by atoms with Crippen molar-refractivity contribution in [2.45, 2.75) is 39.5 Å². The second-order valence-electron chi connectivity index (χ2n) is 4.03. The van der Waals surface area contributed by atoms with Crippen molar-refractivity contribution in [3.63, 3.8) is 0 Å². The zero-order valence-electron chi connectivity index (χ0n) is 8.35. The van der Waals surface area contributed by atoms with Crippen LogP contribution in [0.15, 0.2) is 11.1 Å². The molecular weight excluding hydrogens is 164 g/mol. The summed E-state index contributed by atoms with van der Waals surface area (Å²) in [7, 11) is 0. The highest BCUT2D eigenvalue weighted by molar-refractivity contribution is 5.84. The molecule has 0 amide bonds. The first-order chi connectivity index (χ1) is 6.20. The number of rotatable bonds is 3. The Hall–Kier alpha value is -0.790. The van der Waals surface area contributed by atoms with E-state index in [1.165, 1.54) is 24.0 Å². The molecule has 0 aliphatic heterocycles. The average molecular weight is 180 g/mol. The lowest BCUT2D eigenvalue weighted by Crippen LogP contribution is -2.20. The van der Waals surface area contributed by atoms with Gasteiger partial charge in [0, 0.05) is 0 Å². The summed E-state index contributed by atoms with van der Waals surface area (Å²) < 4.78 is 5.10. The van der Waals surface area contributed by atoms with Gasteiger partial charge in [0.1, 0.15) is 0 Å². The van der Waals surface area contributed by atoms with Crippen molar-refractivity contribution >= 4 is 5.97 Å². The van der Waals surface area contributed by atoms with E-state index in [9.17, 15) is 4.79 Å². The number of hydrogen-bond donors (Lipinski definition) is 0. The van der Waals surface area contributed by atoms with Gasteiger partial charge in [0.2, 0.25) is 0 Å². The predicted molar refractivity (Wildman–Crippen MR) is 50.2 cm³/mol. The van der Waals surface area contributed by atoms with E-state index in [0.717, 1.165) is 12.8 Å². The maximum atomic E-state index is 11.6. The molecule has 0 saturated heterocycles. The van der Waals surface area contributed by atoms with Crippen LogP contribution >= 0.6 is 0 Å². The van der Waals surface area contributed by atoms with Gasteiger partial charge >= 0.3 is 5.97 Å². The summed E-state index contributed by atoms with van der Waals surface area (Å²) in [5.41, 5.74) is 2.62. The minimum absolute atomic E-state index is 0.00639. The molecule has 0 heterocycles.